The summed E-state index contributed by atoms with van der Waals surface area (Å²) in [5.74, 6) is 0.846. The van der Waals surface area contributed by atoms with Gasteiger partial charge in [0.2, 0.25) is 5.91 Å². The molecule has 1 amide bonds. The molecule has 5 nitrogen and oxygen atoms in total. The van der Waals surface area contributed by atoms with Crippen molar-refractivity contribution in [1.82, 2.24) is 16.0 Å². The molecule has 2 rings (SSSR count). The number of carbonyl (C=O) groups excluding carboxylic acids is 1. The lowest BCUT2D eigenvalue weighted by atomic mass is 10.1. The maximum atomic E-state index is 11.8. The van der Waals surface area contributed by atoms with Crippen molar-refractivity contribution in [1.29, 1.82) is 0 Å². The largest absolute Gasteiger partial charge is 0.492 e. The number of amides is 1. The fraction of sp³-hybridized carbons (Fsp3) is 0.500. The van der Waals surface area contributed by atoms with Crippen molar-refractivity contribution in [3.05, 3.63) is 30.3 Å². The van der Waals surface area contributed by atoms with E-state index in [1.807, 2.05) is 30.3 Å². The Kier molecular flexibility index (Phi) is 5.18. The van der Waals surface area contributed by atoms with Gasteiger partial charge in [-0.3, -0.25) is 4.79 Å². The Bertz CT molecular complexity index is 389. The molecule has 1 aliphatic heterocycles. The average molecular weight is 263 g/mol. The van der Waals surface area contributed by atoms with Crippen LogP contribution in [0.4, 0.5) is 0 Å². The summed E-state index contributed by atoms with van der Waals surface area (Å²) in [6.45, 7) is 4.58. The minimum atomic E-state index is -0.145. The van der Waals surface area contributed by atoms with Crippen molar-refractivity contribution in [3.63, 3.8) is 0 Å². The number of nitrogens with one attached hydrogen (secondary N) is 3. The third-order valence-electron chi connectivity index (χ3n) is 3.07. The van der Waals surface area contributed by atoms with E-state index in [1.165, 1.54) is 0 Å². The highest BCUT2D eigenvalue weighted by Gasteiger charge is 2.22. The van der Waals surface area contributed by atoms with Gasteiger partial charge in [-0.25, -0.2) is 0 Å². The van der Waals surface area contributed by atoms with E-state index in [2.05, 4.69) is 22.9 Å². The van der Waals surface area contributed by atoms with Gasteiger partial charge in [-0.05, 0) is 19.1 Å². The van der Waals surface area contributed by atoms with E-state index in [4.69, 9.17) is 4.74 Å². The topological polar surface area (TPSA) is 62.4 Å². The van der Waals surface area contributed by atoms with Crippen LogP contribution in [0.25, 0.3) is 0 Å². The summed E-state index contributed by atoms with van der Waals surface area (Å²) in [6, 6.07) is 9.86. The molecule has 2 atom stereocenters. The molecule has 1 fully saturated rings. The fourth-order valence-corrected chi connectivity index (χ4v) is 1.95. The van der Waals surface area contributed by atoms with E-state index >= 15 is 0 Å². The molecule has 0 radical (unpaired) electrons. The van der Waals surface area contributed by atoms with Crippen molar-refractivity contribution in [2.75, 3.05) is 26.2 Å². The molecule has 0 saturated carbocycles. The lowest BCUT2D eigenvalue weighted by Crippen LogP contribution is -2.59. The smallest absolute Gasteiger partial charge is 0.238 e. The SMILES string of the molecule is CC1CNC(C(=O)NCCOc2ccccc2)CN1. The molecule has 1 aliphatic rings. The third-order valence-corrected chi connectivity index (χ3v) is 3.07. The number of ether oxygens (including phenoxy) is 1. The summed E-state index contributed by atoms with van der Waals surface area (Å²) in [7, 11) is 0. The van der Waals surface area contributed by atoms with E-state index in [0.717, 1.165) is 12.3 Å². The number of hydrogen-bond acceptors (Lipinski definition) is 4. The lowest BCUT2D eigenvalue weighted by Gasteiger charge is -2.28. The van der Waals surface area contributed by atoms with Gasteiger partial charge in [0.05, 0.1) is 12.6 Å². The standard InChI is InChI=1S/C14H21N3O2/c1-11-9-17-13(10-16-11)14(18)15-7-8-19-12-5-3-2-4-6-12/h2-6,11,13,16-17H,7-10H2,1H3,(H,15,18). The Balaban J connectivity index is 1.61. The molecule has 0 aliphatic carbocycles. The molecular formula is C14H21N3O2. The van der Waals surface area contributed by atoms with E-state index in [9.17, 15) is 4.79 Å². The van der Waals surface area contributed by atoms with Crippen LogP contribution in [0.3, 0.4) is 0 Å². The number of rotatable bonds is 5. The first-order chi connectivity index (χ1) is 9.25. The Labute approximate surface area is 113 Å². The highest BCUT2D eigenvalue weighted by atomic mass is 16.5. The molecule has 1 saturated heterocycles. The van der Waals surface area contributed by atoms with Crippen molar-refractivity contribution < 1.29 is 9.53 Å². The second-order valence-corrected chi connectivity index (χ2v) is 4.72. The van der Waals surface area contributed by atoms with Gasteiger partial charge < -0.3 is 20.7 Å². The fourth-order valence-electron chi connectivity index (χ4n) is 1.95. The van der Waals surface area contributed by atoms with Crippen molar-refractivity contribution in [3.8, 4) is 5.75 Å². The molecular weight excluding hydrogens is 242 g/mol. The summed E-state index contributed by atoms with van der Waals surface area (Å²) < 4.78 is 5.51. The Morgan fingerprint density at radius 1 is 1.32 bits per heavy atom. The summed E-state index contributed by atoms with van der Waals surface area (Å²) in [5, 5.41) is 9.36. The molecule has 19 heavy (non-hydrogen) atoms. The quantitative estimate of drug-likeness (QED) is 0.661. The van der Waals surface area contributed by atoms with Crippen molar-refractivity contribution in [2.45, 2.75) is 19.0 Å². The van der Waals surface area contributed by atoms with Crippen LogP contribution < -0.4 is 20.7 Å². The lowest BCUT2D eigenvalue weighted by molar-refractivity contribution is -0.123. The van der Waals surface area contributed by atoms with Gasteiger partial charge in [-0.2, -0.15) is 0 Å². The highest BCUT2D eigenvalue weighted by Crippen LogP contribution is 2.07. The van der Waals surface area contributed by atoms with Crippen LogP contribution in [0.1, 0.15) is 6.92 Å². The molecule has 1 heterocycles. The first-order valence-corrected chi connectivity index (χ1v) is 6.68. The Morgan fingerprint density at radius 3 is 2.79 bits per heavy atom. The van der Waals surface area contributed by atoms with Gasteiger partial charge in [-0.1, -0.05) is 18.2 Å². The monoisotopic (exact) mass is 263 g/mol. The summed E-state index contributed by atoms with van der Waals surface area (Å²) >= 11 is 0. The average Bonchev–Trinajstić information content (AvgIpc) is 2.45. The first-order valence-electron chi connectivity index (χ1n) is 6.68. The predicted molar refractivity (Wildman–Crippen MR) is 74.2 cm³/mol. The zero-order valence-electron chi connectivity index (χ0n) is 11.2. The molecule has 2 unspecified atom stereocenters. The van der Waals surface area contributed by atoms with Gasteiger partial charge >= 0.3 is 0 Å². The minimum absolute atomic E-state index is 0.0241. The van der Waals surface area contributed by atoms with Crippen LogP contribution in [-0.4, -0.2) is 44.2 Å². The summed E-state index contributed by atoms with van der Waals surface area (Å²) in [4.78, 5) is 11.8. The third kappa shape index (κ3) is 4.54. The van der Waals surface area contributed by atoms with Crippen molar-refractivity contribution in [2.24, 2.45) is 0 Å². The van der Waals surface area contributed by atoms with Gasteiger partial charge in [0, 0.05) is 19.1 Å². The molecule has 1 aromatic rings. The minimum Gasteiger partial charge on any atom is -0.492 e. The van der Waals surface area contributed by atoms with Gasteiger partial charge in [0.25, 0.3) is 0 Å². The van der Waals surface area contributed by atoms with E-state index < -0.39 is 0 Å². The van der Waals surface area contributed by atoms with Gasteiger partial charge in [-0.15, -0.1) is 0 Å². The number of benzene rings is 1. The molecule has 1 aromatic carbocycles. The summed E-state index contributed by atoms with van der Waals surface area (Å²) in [6.07, 6.45) is 0. The van der Waals surface area contributed by atoms with Crippen LogP contribution in [0.15, 0.2) is 30.3 Å². The van der Waals surface area contributed by atoms with E-state index in [-0.39, 0.29) is 11.9 Å². The Morgan fingerprint density at radius 2 is 2.11 bits per heavy atom. The van der Waals surface area contributed by atoms with Gasteiger partial charge in [0.1, 0.15) is 12.4 Å². The maximum Gasteiger partial charge on any atom is 0.238 e. The number of para-hydroxylation sites is 1. The molecule has 0 spiro atoms. The van der Waals surface area contributed by atoms with Crippen LogP contribution >= 0.6 is 0 Å². The summed E-state index contributed by atoms with van der Waals surface area (Å²) in [5.41, 5.74) is 0. The highest BCUT2D eigenvalue weighted by molar-refractivity contribution is 5.82. The number of hydrogen-bond donors (Lipinski definition) is 3. The van der Waals surface area contributed by atoms with Gasteiger partial charge in [0.15, 0.2) is 0 Å². The van der Waals surface area contributed by atoms with Crippen LogP contribution in [0.5, 0.6) is 5.75 Å². The van der Waals surface area contributed by atoms with Crippen LogP contribution in [-0.2, 0) is 4.79 Å². The molecule has 0 aromatic heterocycles. The second-order valence-electron chi connectivity index (χ2n) is 4.72. The molecule has 3 N–H and O–H groups in total. The first kappa shape index (κ1) is 13.8. The van der Waals surface area contributed by atoms with E-state index in [1.54, 1.807) is 0 Å². The number of carbonyl (C=O) groups is 1. The van der Waals surface area contributed by atoms with Crippen LogP contribution in [0, 0.1) is 0 Å². The predicted octanol–water partition coefficient (Wildman–Crippen LogP) is 0.132. The Hall–Kier alpha value is -1.59. The van der Waals surface area contributed by atoms with E-state index in [0.29, 0.717) is 25.7 Å². The maximum absolute atomic E-state index is 11.8. The second kappa shape index (κ2) is 7.11. The zero-order valence-corrected chi connectivity index (χ0v) is 11.2. The molecule has 5 heteroatoms. The molecule has 104 valence electrons. The van der Waals surface area contributed by atoms with Crippen molar-refractivity contribution >= 4 is 5.91 Å². The zero-order chi connectivity index (χ0) is 13.5. The number of piperazine rings is 1. The van der Waals surface area contributed by atoms with Crippen LogP contribution in [0.2, 0.25) is 0 Å². The molecule has 0 bridgehead atoms. The normalized spacial score (nSPS) is 22.8.